The molecule has 0 bridgehead atoms. The Kier molecular flexibility index (Phi) is 6.00. The Morgan fingerprint density at radius 3 is 2.52 bits per heavy atom. The van der Waals surface area contributed by atoms with Crippen molar-refractivity contribution in [3.05, 3.63) is 90.5 Å². The zero-order valence-electron chi connectivity index (χ0n) is 15.1. The summed E-state index contributed by atoms with van der Waals surface area (Å²) in [6, 6.07) is 21.3. The lowest BCUT2D eigenvalue weighted by Gasteiger charge is -2.11. The highest BCUT2D eigenvalue weighted by molar-refractivity contribution is 6.03. The maximum atomic E-state index is 12.5. The highest BCUT2D eigenvalue weighted by Crippen LogP contribution is 2.20. The normalized spacial score (nSPS) is 10.4. The second-order valence-corrected chi connectivity index (χ2v) is 6.23. The summed E-state index contributed by atoms with van der Waals surface area (Å²) in [6.45, 7) is 3.96. The van der Waals surface area contributed by atoms with Crippen molar-refractivity contribution < 1.29 is 9.59 Å². The summed E-state index contributed by atoms with van der Waals surface area (Å²) in [5, 5.41) is 7.92. The van der Waals surface area contributed by atoms with Gasteiger partial charge in [0.1, 0.15) is 0 Å². The summed E-state index contributed by atoms with van der Waals surface area (Å²) in [5.74, 6) is -0.355. The molecule has 0 aliphatic heterocycles. The standard InChI is InChI=1S/C23H22N2O2/c1-2-16-24-23(27)20-12-5-6-13-21(20)25-22(26)15-14-18-10-7-9-17-8-3-4-11-19(17)18/h2-13H,1,14-16H2,(H,24,27)(H,25,26). The average molecular weight is 358 g/mol. The lowest BCUT2D eigenvalue weighted by atomic mass is 10.0. The molecule has 27 heavy (non-hydrogen) atoms. The zero-order chi connectivity index (χ0) is 19.1. The molecule has 3 aromatic rings. The van der Waals surface area contributed by atoms with E-state index < -0.39 is 0 Å². The Morgan fingerprint density at radius 2 is 1.67 bits per heavy atom. The van der Waals surface area contributed by atoms with Gasteiger partial charge in [0, 0.05) is 13.0 Å². The van der Waals surface area contributed by atoms with E-state index >= 15 is 0 Å². The van der Waals surface area contributed by atoms with Crippen LogP contribution in [-0.2, 0) is 11.2 Å². The van der Waals surface area contributed by atoms with Crippen molar-refractivity contribution in [2.45, 2.75) is 12.8 Å². The molecular formula is C23H22N2O2. The van der Waals surface area contributed by atoms with Crippen LogP contribution in [0.5, 0.6) is 0 Å². The molecule has 0 radical (unpaired) electrons. The first-order chi connectivity index (χ1) is 13.2. The summed E-state index contributed by atoms with van der Waals surface area (Å²) >= 11 is 0. The van der Waals surface area contributed by atoms with E-state index in [2.05, 4.69) is 35.4 Å². The lowest BCUT2D eigenvalue weighted by molar-refractivity contribution is -0.116. The van der Waals surface area contributed by atoms with Gasteiger partial charge in [-0.3, -0.25) is 9.59 Å². The van der Waals surface area contributed by atoms with Gasteiger partial charge in [0.15, 0.2) is 0 Å². The monoisotopic (exact) mass is 358 g/mol. The number of anilines is 1. The maximum absolute atomic E-state index is 12.5. The lowest BCUT2D eigenvalue weighted by Crippen LogP contribution is -2.25. The molecule has 0 saturated heterocycles. The third-order valence-corrected chi connectivity index (χ3v) is 4.35. The predicted molar refractivity (Wildman–Crippen MR) is 110 cm³/mol. The van der Waals surface area contributed by atoms with Crippen LogP contribution in [-0.4, -0.2) is 18.4 Å². The van der Waals surface area contributed by atoms with Gasteiger partial charge in [-0.1, -0.05) is 60.7 Å². The number of carbonyl (C=O) groups excluding carboxylic acids is 2. The van der Waals surface area contributed by atoms with Gasteiger partial charge >= 0.3 is 0 Å². The van der Waals surface area contributed by atoms with Gasteiger partial charge in [-0.2, -0.15) is 0 Å². The SMILES string of the molecule is C=CCNC(=O)c1ccccc1NC(=O)CCc1cccc2ccccc12. The van der Waals surface area contributed by atoms with Gasteiger partial charge in [0.2, 0.25) is 5.91 Å². The highest BCUT2D eigenvalue weighted by Gasteiger charge is 2.12. The number of benzene rings is 3. The van der Waals surface area contributed by atoms with Crippen LogP contribution in [0.3, 0.4) is 0 Å². The van der Waals surface area contributed by atoms with Crippen LogP contribution in [0.2, 0.25) is 0 Å². The van der Waals surface area contributed by atoms with Crippen LogP contribution in [0.1, 0.15) is 22.3 Å². The maximum Gasteiger partial charge on any atom is 0.253 e. The van der Waals surface area contributed by atoms with E-state index in [1.54, 1.807) is 30.3 Å². The van der Waals surface area contributed by atoms with E-state index in [1.807, 2.05) is 24.3 Å². The Hall–Kier alpha value is -3.40. The topological polar surface area (TPSA) is 58.2 Å². The summed E-state index contributed by atoms with van der Waals surface area (Å²) in [5.41, 5.74) is 2.10. The third kappa shape index (κ3) is 4.61. The first-order valence-electron chi connectivity index (χ1n) is 8.93. The number of amides is 2. The molecule has 0 heterocycles. The molecule has 4 nitrogen and oxygen atoms in total. The van der Waals surface area contributed by atoms with Crippen LogP contribution < -0.4 is 10.6 Å². The van der Waals surface area contributed by atoms with Crippen molar-refractivity contribution in [1.82, 2.24) is 5.32 Å². The van der Waals surface area contributed by atoms with Gasteiger partial charge in [0.25, 0.3) is 5.91 Å². The van der Waals surface area contributed by atoms with E-state index in [4.69, 9.17) is 0 Å². The van der Waals surface area contributed by atoms with Crippen molar-refractivity contribution in [2.75, 3.05) is 11.9 Å². The molecule has 0 saturated carbocycles. The molecule has 2 amide bonds. The fourth-order valence-electron chi connectivity index (χ4n) is 3.02. The molecule has 2 N–H and O–H groups in total. The summed E-state index contributed by atoms with van der Waals surface area (Å²) in [6.07, 6.45) is 2.60. The minimum Gasteiger partial charge on any atom is -0.349 e. The summed E-state index contributed by atoms with van der Waals surface area (Å²) < 4.78 is 0. The first kappa shape index (κ1) is 18.4. The number of hydrogen-bond acceptors (Lipinski definition) is 2. The number of hydrogen-bond donors (Lipinski definition) is 2. The summed E-state index contributed by atoms with van der Waals surface area (Å²) in [4.78, 5) is 24.7. The minimum atomic E-state index is -0.236. The van der Waals surface area contributed by atoms with Gasteiger partial charge in [-0.15, -0.1) is 6.58 Å². The second-order valence-electron chi connectivity index (χ2n) is 6.23. The molecule has 0 aromatic heterocycles. The number of para-hydroxylation sites is 1. The van der Waals surface area contributed by atoms with Crippen molar-refractivity contribution in [3.63, 3.8) is 0 Å². The summed E-state index contributed by atoms with van der Waals surface area (Å²) in [7, 11) is 0. The Labute approximate surface area is 158 Å². The van der Waals surface area contributed by atoms with Crippen LogP contribution in [0.25, 0.3) is 10.8 Å². The molecule has 0 fully saturated rings. The van der Waals surface area contributed by atoms with Gasteiger partial charge in [-0.25, -0.2) is 0 Å². The van der Waals surface area contributed by atoms with E-state index in [0.717, 1.165) is 10.9 Å². The molecular weight excluding hydrogens is 336 g/mol. The highest BCUT2D eigenvalue weighted by atomic mass is 16.2. The van der Waals surface area contributed by atoms with Crippen LogP contribution in [0.15, 0.2) is 79.4 Å². The van der Waals surface area contributed by atoms with Gasteiger partial charge < -0.3 is 10.6 Å². The number of fused-ring (bicyclic) bond motifs is 1. The third-order valence-electron chi connectivity index (χ3n) is 4.35. The molecule has 0 atom stereocenters. The smallest absolute Gasteiger partial charge is 0.253 e. The molecule has 0 aliphatic carbocycles. The predicted octanol–water partition coefficient (Wildman–Crippen LogP) is 4.33. The van der Waals surface area contributed by atoms with E-state index in [-0.39, 0.29) is 11.8 Å². The van der Waals surface area contributed by atoms with E-state index in [9.17, 15) is 9.59 Å². The number of nitrogens with one attached hydrogen (secondary N) is 2. The molecule has 3 rings (SSSR count). The molecule has 3 aromatic carbocycles. The van der Waals surface area contributed by atoms with Crippen molar-refractivity contribution >= 4 is 28.3 Å². The fraction of sp³-hybridized carbons (Fsp3) is 0.130. The molecule has 0 spiro atoms. The van der Waals surface area contributed by atoms with Crippen LogP contribution in [0.4, 0.5) is 5.69 Å². The molecule has 136 valence electrons. The fourth-order valence-corrected chi connectivity index (χ4v) is 3.02. The number of carbonyl (C=O) groups is 2. The van der Waals surface area contributed by atoms with Crippen LogP contribution in [0, 0.1) is 0 Å². The first-order valence-corrected chi connectivity index (χ1v) is 8.93. The van der Waals surface area contributed by atoms with E-state index in [1.165, 1.54) is 5.39 Å². The zero-order valence-corrected chi connectivity index (χ0v) is 15.1. The van der Waals surface area contributed by atoms with Gasteiger partial charge in [-0.05, 0) is 34.9 Å². The van der Waals surface area contributed by atoms with Crippen molar-refractivity contribution in [1.29, 1.82) is 0 Å². The second kappa shape index (κ2) is 8.81. The average Bonchev–Trinajstić information content (AvgIpc) is 2.71. The minimum absolute atomic E-state index is 0.119. The van der Waals surface area contributed by atoms with Crippen molar-refractivity contribution in [2.24, 2.45) is 0 Å². The number of aryl methyl sites for hydroxylation is 1. The molecule has 4 heteroatoms. The Balaban J connectivity index is 1.68. The quantitative estimate of drug-likeness (QED) is 0.618. The van der Waals surface area contributed by atoms with Crippen molar-refractivity contribution in [3.8, 4) is 0 Å². The van der Waals surface area contributed by atoms with Crippen LogP contribution >= 0.6 is 0 Å². The Morgan fingerprint density at radius 1 is 0.926 bits per heavy atom. The van der Waals surface area contributed by atoms with E-state index in [0.29, 0.717) is 30.6 Å². The molecule has 0 aliphatic rings. The number of rotatable bonds is 7. The molecule has 0 unspecified atom stereocenters. The Bertz CT molecular complexity index is 974. The van der Waals surface area contributed by atoms with Gasteiger partial charge in [0.05, 0.1) is 11.3 Å². The largest absolute Gasteiger partial charge is 0.349 e.